The highest BCUT2D eigenvalue weighted by Crippen LogP contribution is 1.90. The summed E-state index contributed by atoms with van der Waals surface area (Å²) >= 11 is 4.14. The first-order valence-corrected chi connectivity index (χ1v) is 4.44. The minimum Gasteiger partial charge on any atom is -0.330 e. The monoisotopic (exact) mass is 162 g/mol. The molecule has 0 atom stereocenters. The molecule has 0 rings (SSSR count). The highest BCUT2D eigenvalue weighted by atomic mass is 32.1. The molecule has 0 aliphatic carbocycles. The third-order valence-electron chi connectivity index (χ3n) is 1.48. The van der Waals surface area contributed by atoms with Crippen LogP contribution in [0.25, 0.3) is 0 Å². The number of nitrogens with zero attached hydrogens (tertiary/aromatic N) is 1. The van der Waals surface area contributed by atoms with E-state index in [2.05, 4.69) is 24.6 Å². The van der Waals surface area contributed by atoms with Crippen LogP contribution < -0.4 is 5.73 Å². The van der Waals surface area contributed by atoms with Crippen LogP contribution in [0.3, 0.4) is 0 Å². The Morgan fingerprint density at radius 2 is 2.00 bits per heavy atom. The van der Waals surface area contributed by atoms with Crippen molar-refractivity contribution in [1.82, 2.24) is 4.90 Å². The lowest BCUT2D eigenvalue weighted by atomic mass is 10.3. The molecular weight excluding hydrogens is 144 g/mol. The van der Waals surface area contributed by atoms with Crippen molar-refractivity contribution in [3.63, 3.8) is 0 Å². The number of unbranched alkanes of at least 4 members (excludes halogenated alkanes) is 1. The minimum atomic E-state index is 0.814. The van der Waals surface area contributed by atoms with Crippen LogP contribution in [0, 0.1) is 0 Å². The van der Waals surface area contributed by atoms with Crippen molar-refractivity contribution >= 4 is 12.6 Å². The molecule has 0 amide bonds. The maximum absolute atomic E-state index is 5.36. The van der Waals surface area contributed by atoms with Crippen LogP contribution in [-0.2, 0) is 0 Å². The number of hydrogen-bond donors (Lipinski definition) is 2. The third-order valence-corrected chi connectivity index (χ3v) is 1.68. The average molecular weight is 162 g/mol. The molecule has 0 spiro atoms. The predicted octanol–water partition coefficient (Wildman–Crippen LogP) is 0.587. The Hall–Kier alpha value is 0.270. The molecule has 0 radical (unpaired) electrons. The first-order chi connectivity index (χ1) is 4.81. The summed E-state index contributed by atoms with van der Waals surface area (Å²) in [6, 6.07) is 0. The van der Waals surface area contributed by atoms with Gasteiger partial charge in [-0.3, -0.25) is 0 Å². The van der Waals surface area contributed by atoms with Crippen molar-refractivity contribution in [2.45, 2.75) is 12.8 Å². The molecule has 0 saturated heterocycles. The smallest absolute Gasteiger partial charge is 0.00668 e. The van der Waals surface area contributed by atoms with Gasteiger partial charge in [0.1, 0.15) is 0 Å². The quantitative estimate of drug-likeness (QED) is 0.442. The van der Waals surface area contributed by atoms with E-state index in [0.717, 1.165) is 31.8 Å². The van der Waals surface area contributed by atoms with Gasteiger partial charge >= 0.3 is 0 Å². The van der Waals surface area contributed by atoms with E-state index < -0.39 is 0 Å². The fourth-order valence-corrected chi connectivity index (χ4v) is 1.15. The van der Waals surface area contributed by atoms with Crippen LogP contribution >= 0.6 is 12.6 Å². The molecule has 10 heavy (non-hydrogen) atoms. The van der Waals surface area contributed by atoms with Crippen molar-refractivity contribution in [3.05, 3.63) is 0 Å². The van der Waals surface area contributed by atoms with E-state index in [4.69, 9.17) is 5.73 Å². The van der Waals surface area contributed by atoms with E-state index >= 15 is 0 Å². The first kappa shape index (κ1) is 10.3. The number of rotatable bonds is 6. The van der Waals surface area contributed by atoms with Crippen molar-refractivity contribution in [1.29, 1.82) is 0 Å². The molecule has 3 heteroatoms. The van der Waals surface area contributed by atoms with Crippen LogP contribution in [0.5, 0.6) is 0 Å². The van der Waals surface area contributed by atoms with Gasteiger partial charge in [-0.05, 0) is 33.0 Å². The Labute approximate surface area is 69.2 Å². The number of nitrogens with two attached hydrogens (primary N) is 1. The highest BCUT2D eigenvalue weighted by molar-refractivity contribution is 7.80. The molecule has 2 N–H and O–H groups in total. The van der Waals surface area contributed by atoms with Gasteiger partial charge in [0.2, 0.25) is 0 Å². The molecule has 0 heterocycles. The molecule has 0 aromatic rings. The van der Waals surface area contributed by atoms with Crippen molar-refractivity contribution in [3.8, 4) is 0 Å². The first-order valence-electron chi connectivity index (χ1n) is 3.80. The normalized spacial score (nSPS) is 10.8. The van der Waals surface area contributed by atoms with Gasteiger partial charge in [-0.1, -0.05) is 0 Å². The van der Waals surface area contributed by atoms with E-state index in [-0.39, 0.29) is 0 Å². The van der Waals surface area contributed by atoms with E-state index in [1.54, 1.807) is 0 Å². The lowest BCUT2D eigenvalue weighted by Gasteiger charge is -2.13. The maximum atomic E-state index is 5.36. The van der Waals surface area contributed by atoms with Crippen molar-refractivity contribution in [2.75, 3.05) is 32.4 Å². The lowest BCUT2D eigenvalue weighted by molar-refractivity contribution is 0.347. The number of thiol groups is 1. The van der Waals surface area contributed by atoms with Gasteiger partial charge in [0.15, 0.2) is 0 Å². The van der Waals surface area contributed by atoms with Crippen LogP contribution in [0.15, 0.2) is 0 Å². The van der Waals surface area contributed by atoms with Gasteiger partial charge in [-0.25, -0.2) is 0 Å². The molecule has 62 valence electrons. The van der Waals surface area contributed by atoms with E-state index in [1.165, 1.54) is 6.42 Å². The van der Waals surface area contributed by atoms with Gasteiger partial charge in [-0.15, -0.1) is 0 Å². The molecule has 0 aliphatic heterocycles. The average Bonchev–Trinajstić information content (AvgIpc) is 1.89. The van der Waals surface area contributed by atoms with E-state index in [9.17, 15) is 0 Å². The lowest BCUT2D eigenvalue weighted by Crippen LogP contribution is -2.22. The molecule has 0 saturated carbocycles. The predicted molar refractivity (Wildman–Crippen MR) is 49.6 cm³/mol. The van der Waals surface area contributed by atoms with Gasteiger partial charge < -0.3 is 10.6 Å². The minimum absolute atomic E-state index is 0.814. The van der Waals surface area contributed by atoms with Crippen LogP contribution in [0.4, 0.5) is 0 Å². The van der Waals surface area contributed by atoms with Crippen LogP contribution in [0.1, 0.15) is 12.8 Å². The Morgan fingerprint density at radius 1 is 1.30 bits per heavy atom. The molecule has 0 bridgehead atoms. The molecule has 0 fully saturated rings. The van der Waals surface area contributed by atoms with Crippen LogP contribution in [0.2, 0.25) is 0 Å². The summed E-state index contributed by atoms with van der Waals surface area (Å²) in [5.41, 5.74) is 5.36. The molecule has 0 aliphatic rings. The van der Waals surface area contributed by atoms with E-state index in [1.807, 2.05) is 0 Å². The highest BCUT2D eigenvalue weighted by Gasteiger charge is 1.94. The Balaban J connectivity index is 2.97. The molecular formula is C7H18N2S. The van der Waals surface area contributed by atoms with Crippen LogP contribution in [-0.4, -0.2) is 37.3 Å². The van der Waals surface area contributed by atoms with Gasteiger partial charge in [0.05, 0.1) is 0 Å². The summed E-state index contributed by atoms with van der Waals surface area (Å²) in [6.45, 7) is 3.04. The molecule has 0 unspecified atom stereocenters. The molecule has 0 aromatic carbocycles. The Bertz CT molecular complexity index is 68.6. The fraction of sp³-hybridized carbons (Fsp3) is 1.00. The Morgan fingerprint density at radius 3 is 2.50 bits per heavy atom. The molecule has 0 aromatic heterocycles. The largest absolute Gasteiger partial charge is 0.330 e. The van der Waals surface area contributed by atoms with Crippen molar-refractivity contribution < 1.29 is 0 Å². The summed E-state index contributed by atoms with van der Waals surface area (Å²) < 4.78 is 0. The second kappa shape index (κ2) is 7.38. The summed E-state index contributed by atoms with van der Waals surface area (Å²) in [5, 5.41) is 0. The fourth-order valence-electron chi connectivity index (χ4n) is 0.809. The maximum Gasteiger partial charge on any atom is 0.00668 e. The SMILES string of the molecule is CN(CCS)CCCCN. The standard InChI is InChI=1S/C7H18N2S/c1-9(6-7-10)5-3-2-4-8/h10H,2-8H2,1H3. The summed E-state index contributed by atoms with van der Waals surface area (Å²) in [5.74, 6) is 0.944. The second-order valence-corrected chi connectivity index (χ2v) is 2.97. The summed E-state index contributed by atoms with van der Waals surface area (Å²) in [6.07, 6.45) is 2.34. The second-order valence-electron chi connectivity index (χ2n) is 2.52. The topological polar surface area (TPSA) is 29.3 Å². The van der Waals surface area contributed by atoms with Gasteiger partial charge in [-0.2, -0.15) is 12.6 Å². The molecule has 2 nitrogen and oxygen atoms in total. The number of hydrogen-bond acceptors (Lipinski definition) is 3. The zero-order valence-corrected chi connectivity index (χ0v) is 7.61. The summed E-state index contributed by atoms with van der Waals surface area (Å²) in [4.78, 5) is 2.28. The van der Waals surface area contributed by atoms with Gasteiger partial charge in [0.25, 0.3) is 0 Å². The van der Waals surface area contributed by atoms with Crippen molar-refractivity contribution in [2.24, 2.45) is 5.73 Å². The zero-order valence-electron chi connectivity index (χ0n) is 6.71. The van der Waals surface area contributed by atoms with E-state index in [0.29, 0.717) is 0 Å². The zero-order chi connectivity index (χ0) is 7.82. The summed E-state index contributed by atoms with van der Waals surface area (Å²) in [7, 11) is 2.12. The van der Waals surface area contributed by atoms with Gasteiger partial charge in [0, 0.05) is 12.3 Å². The third kappa shape index (κ3) is 6.39. The Kier molecular flexibility index (Phi) is 7.58.